The predicted molar refractivity (Wildman–Crippen MR) is 220 cm³/mol. The Hall–Kier alpha value is -6.90. The summed E-state index contributed by atoms with van der Waals surface area (Å²) in [6.45, 7) is 0. The van der Waals surface area contributed by atoms with E-state index in [4.69, 9.17) is 4.42 Å². The highest BCUT2D eigenvalue weighted by Crippen LogP contribution is 2.43. The number of hydrogen-bond acceptors (Lipinski definition) is 2. The minimum atomic E-state index is 0.915. The average Bonchev–Trinajstić information content (AvgIpc) is 3.59. The molecule has 1 aromatic heterocycles. The van der Waals surface area contributed by atoms with Gasteiger partial charge in [-0.1, -0.05) is 146 Å². The first-order valence-corrected chi connectivity index (χ1v) is 17.8. The Kier molecular flexibility index (Phi) is 7.18. The third-order valence-corrected chi connectivity index (χ3v) is 10.2. The van der Waals surface area contributed by atoms with Crippen molar-refractivity contribution in [3.63, 3.8) is 0 Å². The van der Waals surface area contributed by atoms with Crippen LogP contribution in [0.1, 0.15) is 0 Å². The minimum absolute atomic E-state index is 0.915. The molecule has 0 saturated heterocycles. The minimum Gasteiger partial charge on any atom is -0.456 e. The Bertz CT molecular complexity index is 2870. The largest absolute Gasteiger partial charge is 0.456 e. The van der Waals surface area contributed by atoms with E-state index in [1.807, 2.05) is 12.1 Å². The molecule has 2 heteroatoms. The smallest absolute Gasteiger partial charge is 0.136 e. The van der Waals surface area contributed by atoms with Crippen molar-refractivity contribution in [2.45, 2.75) is 0 Å². The van der Waals surface area contributed by atoms with Gasteiger partial charge < -0.3 is 9.32 Å². The molecular formula is C50H33NO. The number of para-hydroxylation sites is 2. The fourth-order valence-electron chi connectivity index (χ4n) is 7.68. The van der Waals surface area contributed by atoms with Gasteiger partial charge in [0.25, 0.3) is 0 Å². The van der Waals surface area contributed by atoms with Crippen molar-refractivity contribution < 1.29 is 4.42 Å². The molecule has 0 aliphatic heterocycles. The number of anilines is 3. The molecule has 0 amide bonds. The molecule has 0 radical (unpaired) electrons. The van der Waals surface area contributed by atoms with Crippen LogP contribution in [0.5, 0.6) is 0 Å². The lowest BCUT2D eigenvalue weighted by atomic mass is 9.92. The zero-order valence-corrected chi connectivity index (χ0v) is 28.4. The average molecular weight is 664 g/mol. The first-order valence-electron chi connectivity index (χ1n) is 17.8. The van der Waals surface area contributed by atoms with Crippen LogP contribution >= 0.6 is 0 Å². The molecule has 1 heterocycles. The SMILES string of the molecule is c1ccc(-c2ccc(-c3ccc(N(c4ccccc4)c4ccc5ccc6cc7oc8ccccc8c7cc6c5c4)cc3-c3ccccc3)cc2)cc1. The Morgan fingerprint density at radius 3 is 1.63 bits per heavy atom. The summed E-state index contributed by atoms with van der Waals surface area (Å²) in [7, 11) is 0. The van der Waals surface area contributed by atoms with Gasteiger partial charge in [0.1, 0.15) is 11.2 Å². The van der Waals surface area contributed by atoms with E-state index in [9.17, 15) is 0 Å². The van der Waals surface area contributed by atoms with Crippen molar-refractivity contribution in [1.29, 1.82) is 0 Å². The summed E-state index contributed by atoms with van der Waals surface area (Å²) in [6.07, 6.45) is 0. The van der Waals surface area contributed by atoms with E-state index in [-0.39, 0.29) is 0 Å². The Labute approximate surface area is 302 Å². The highest BCUT2D eigenvalue weighted by molar-refractivity contribution is 6.17. The van der Waals surface area contributed by atoms with Crippen LogP contribution in [-0.4, -0.2) is 0 Å². The van der Waals surface area contributed by atoms with E-state index in [0.717, 1.165) is 44.4 Å². The molecule has 9 aromatic carbocycles. The van der Waals surface area contributed by atoms with Crippen molar-refractivity contribution in [3.8, 4) is 33.4 Å². The van der Waals surface area contributed by atoms with Crippen LogP contribution in [0, 0.1) is 0 Å². The van der Waals surface area contributed by atoms with Gasteiger partial charge in [-0.2, -0.15) is 0 Å². The van der Waals surface area contributed by atoms with Crippen LogP contribution in [0.4, 0.5) is 17.1 Å². The number of fused-ring (bicyclic) bond motifs is 6. The molecule has 0 fully saturated rings. The molecule has 0 atom stereocenters. The third-order valence-electron chi connectivity index (χ3n) is 10.2. The van der Waals surface area contributed by atoms with Crippen molar-refractivity contribution in [1.82, 2.24) is 0 Å². The fourth-order valence-corrected chi connectivity index (χ4v) is 7.68. The standard InChI is InChI=1S/C50H33NO/c1-4-12-34(13-5-1)35-20-22-37(23-21-35)43-29-28-42(31-45(43)36-14-6-2-7-15-36)51(40-16-8-3-9-17-40)41-27-26-38-24-25-39-30-50-48(33-47(39)46(38)32-41)44-18-10-11-19-49(44)52-50/h1-33H. The molecule has 0 spiro atoms. The molecule has 0 bridgehead atoms. The van der Waals surface area contributed by atoms with Crippen LogP contribution in [0.25, 0.3) is 76.9 Å². The third kappa shape index (κ3) is 5.21. The monoisotopic (exact) mass is 663 g/mol. The molecular weight excluding hydrogens is 631 g/mol. The highest BCUT2D eigenvalue weighted by Gasteiger charge is 2.18. The second-order valence-electron chi connectivity index (χ2n) is 13.3. The van der Waals surface area contributed by atoms with E-state index in [1.165, 1.54) is 49.5 Å². The molecule has 0 N–H and O–H groups in total. The molecule has 244 valence electrons. The quantitative estimate of drug-likeness (QED) is 0.165. The summed E-state index contributed by atoms with van der Waals surface area (Å²) in [6, 6.07) is 71.8. The van der Waals surface area contributed by atoms with Crippen molar-refractivity contribution in [3.05, 3.63) is 200 Å². The first kappa shape index (κ1) is 30.0. The summed E-state index contributed by atoms with van der Waals surface area (Å²) in [5.74, 6) is 0. The van der Waals surface area contributed by atoms with Crippen molar-refractivity contribution >= 4 is 60.5 Å². The maximum absolute atomic E-state index is 6.26. The lowest BCUT2D eigenvalue weighted by Crippen LogP contribution is -2.10. The van der Waals surface area contributed by atoms with Gasteiger partial charge in [-0.25, -0.2) is 0 Å². The number of benzene rings is 9. The summed E-state index contributed by atoms with van der Waals surface area (Å²) < 4.78 is 6.26. The van der Waals surface area contributed by atoms with Gasteiger partial charge in [-0.05, 0) is 110 Å². The lowest BCUT2D eigenvalue weighted by Gasteiger charge is -2.27. The Morgan fingerprint density at radius 2 is 0.846 bits per heavy atom. The molecule has 2 nitrogen and oxygen atoms in total. The van der Waals surface area contributed by atoms with Crippen molar-refractivity contribution in [2.24, 2.45) is 0 Å². The second-order valence-corrected chi connectivity index (χ2v) is 13.3. The van der Waals surface area contributed by atoms with Crippen molar-refractivity contribution in [2.75, 3.05) is 4.90 Å². The Balaban J connectivity index is 1.15. The van der Waals surface area contributed by atoms with Gasteiger partial charge in [0, 0.05) is 27.8 Å². The van der Waals surface area contributed by atoms with Crippen LogP contribution in [0.2, 0.25) is 0 Å². The number of nitrogens with zero attached hydrogens (tertiary/aromatic N) is 1. The first-order chi connectivity index (χ1) is 25.8. The van der Waals surface area contributed by atoms with Gasteiger partial charge >= 0.3 is 0 Å². The van der Waals surface area contributed by atoms with E-state index in [2.05, 4.69) is 193 Å². The van der Waals surface area contributed by atoms with Gasteiger partial charge in [-0.15, -0.1) is 0 Å². The second kappa shape index (κ2) is 12.5. The number of hydrogen-bond donors (Lipinski definition) is 0. The van der Waals surface area contributed by atoms with Gasteiger partial charge in [-0.3, -0.25) is 0 Å². The molecule has 0 aliphatic carbocycles. The normalized spacial score (nSPS) is 11.5. The summed E-state index contributed by atoms with van der Waals surface area (Å²) in [4.78, 5) is 2.37. The van der Waals surface area contributed by atoms with Crippen LogP contribution < -0.4 is 4.90 Å². The molecule has 10 aromatic rings. The number of furan rings is 1. The van der Waals surface area contributed by atoms with Gasteiger partial charge in [0.15, 0.2) is 0 Å². The van der Waals surface area contributed by atoms with Gasteiger partial charge in [0.2, 0.25) is 0 Å². The highest BCUT2D eigenvalue weighted by atomic mass is 16.3. The fraction of sp³-hybridized carbons (Fsp3) is 0. The molecule has 0 saturated carbocycles. The van der Waals surface area contributed by atoms with Crippen LogP contribution in [0.15, 0.2) is 205 Å². The molecule has 52 heavy (non-hydrogen) atoms. The molecule has 0 aliphatic rings. The van der Waals surface area contributed by atoms with Crippen LogP contribution in [-0.2, 0) is 0 Å². The molecule has 0 unspecified atom stereocenters. The lowest BCUT2D eigenvalue weighted by molar-refractivity contribution is 0.669. The van der Waals surface area contributed by atoms with E-state index in [1.54, 1.807) is 0 Å². The van der Waals surface area contributed by atoms with E-state index < -0.39 is 0 Å². The topological polar surface area (TPSA) is 16.4 Å². The maximum Gasteiger partial charge on any atom is 0.136 e. The summed E-state index contributed by atoms with van der Waals surface area (Å²) in [5, 5.41) is 7.07. The predicted octanol–water partition coefficient (Wildman–Crippen LogP) is 14.4. The number of rotatable bonds is 6. The summed E-state index contributed by atoms with van der Waals surface area (Å²) in [5.41, 5.74) is 12.3. The zero-order valence-electron chi connectivity index (χ0n) is 28.4. The molecule has 10 rings (SSSR count). The maximum atomic E-state index is 6.26. The Morgan fingerprint density at radius 1 is 0.288 bits per heavy atom. The van der Waals surface area contributed by atoms with Crippen LogP contribution in [0.3, 0.4) is 0 Å². The van der Waals surface area contributed by atoms with Gasteiger partial charge in [0.05, 0.1) is 0 Å². The van der Waals surface area contributed by atoms with E-state index in [0.29, 0.717) is 0 Å². The van der Waals surface area contributed by atoms with E-state index >= 15 is 0 Å². The summed E-state index contributed by atoms with van der Waals surface area (Å²) >= 11 is 0. The zero-order chi connectivity index (χ0) is 34.4.